The van der Waals surface area contributed by atoms with Crippen molar-refractivity contribution >= 4 is 0 Å². The second kappa shape index (κ2) is 2.48. The average Bonchev–Trinajstić information content (AvgIpc) is 2.66. The van der Waals surface area contributed by atoms with Crippen molar-refractivity contribution in [3.63, 3.8) is 0 Å². The predicted molar refractivity (Wildman–Crippen MR) is 53.3 cm³/mol. The maximum atomic E-state index is 9.43. The molecule has 2 nitrogen and oxygen atoms in total. The number of aliphatic hydroxyl groups excluding tert-OH is 1. The van der Waals surface area contributed by atoms with Gasteiger partial charge < -0.3 is 10.8 Å². The molecule has 13 heavy (non-hydrogen) atoms. The zero-order valence-corrected chi connectivity index (χ0v) is 8.77. The van der Waals surface area contributed by atoms with Gasteiger partial charge in [0, 0.05) is 12.0 Å². The largest absolute Gasteiger partial charge is 0.396 e. The van der Waals surface area contributed by atoms with Gasteiger partial charge in [0.05, 0.1) is 6.61 Å². The molecule has 0 aliphatic heterocycles. The van der Waals surface area contributed by atoms with E-state index in [4.69, 9.17) is 5.73 Å². The molecular weight excluding hydrogens is 162 g/mol. The predicted octanol–water partition coefficient (Wildman–Crippen LogP) is 1.52. The molecule has 0 aromatic heterocycles. The normalized spacial score (nSPS) is 47.1. The summed E-state index contributed by atoms with van der Waals surface area (Å²) in [5.41, 5.74) is 6.65. The van der Waals surface area contributed by atoms with Crippen LogP contribution < -0.4 is 5.73 Å². The molecule has 0 bridgehead atoms. The number of hydrogen-bond acceptors (Lipinski definition) is 2. The van der Waals surface area contributed by atoms with Crippen molar-refractivity contribution in [2.75, 3.05) is 13.2 Å². The van der Waals surface area contributed by atoms with Crippen LogP contribution >= 0.6 is 0 Å². The fourth-order valence-electron chi connectivity index (χ4n) is 3.79. The molecule has 2 atom stereocenters. The molecule has 76 valence electrons. The third-order valence-corrected chi connectivity index (χ3v) is 4.92. The van der Waals surface area contributed by atoms with Gasteiger partial charge in [0.2, 0.25) is 0 Å². The van der Waals surface area contributed by atoms with Crippen LogP contribution in [0.15, 0.2) is 0 Å². The van der Waals surface area contributed by atoms with E-state index in [1.165, 1.54) is 19.3 Å². The quantitative estimate of drug-likeness (QED) is 0.682. The van der Waals surface area contributed by atoms with Gasteiger partial charge in [-0.3, -0.25) is 0 Å². The van der Waals surface area contributed by atoms with Crippen LogP contribution in [0.1, 0.15) is 39.5 Å². The minimum absolute atomic E-state index is 0.0764. The monoisotopic (exact) mass is 183 g/mol. The number of nitrogens with two attached hydrogens (primary N) is 1. The molecule has 2 heteroatoms. The molecule has 0 aromatic rings. The molecule has 2 unspecified atom stereocenters. The van der Waals surface area contributed by atoms with Crippen molar-refractivity contribution in [1.29, 1.82) is 0 Å². The maximum absolute atomic E-state index is 9.43. The van der Waals surface area contributed by atoms with Crippen molar-refractivity contribution in [3.8, 4) is 0 Å². The summed E-state index contributed by atoms with van der Waals surface area (Å²) >= 11 is 0. The first kappa shape index (κ1) is 9.47. The van der Waals surface area contributed by atoms with Crippen LogP contribution in [0, 0.1) is 16.2 Å². The molecule has 0 heterocycles. The van der Waals surface area contributed by atoms with Crippen LogP contribution in [-0.4, -0.2) is 18.3 Å². The first-order valence-electron chi connectivity index (χ1n) is 5.35. The Balaban J connectivity index is 2.26. The highest BCUT2D eigenvalue weighted by Crippen LogP contribution is 2.77. The summed E-state index contributed by atoms with van der Waals surface area (Å²) in [4.78, 5) is 0. The van der Waals surface area contributed by atoms with Gasteiger partial charge in [-0.25, -0.2) is 0 Å². The molecule has 0 amide bonds. The lowest BCUT2D eigenvalue weighted by Crippen LogP contribution is -2.33. The van der Waals surface area contributed by atoms with Gasteiger partial charge >= 0.3 is 0 Å². The Morgan fingerprint density at radius 2 is 2.00 bits per heavy atom. The Kier molecular flexibility index (Phi) is 1.81. The smallest absolute Gasteiger partial charge is 0.0505 e. The average molecular weight is 183 g/mol. The highest BCUT2D eigenvalue weighted by molar-refractivity contribution is 5.22. The van der Waals surface area contributed by atoms with Crippen LogP contribution in [0.2, 0.25) is 0 Å². The summed E-state index contributed by atoms with van der Waals surface area (Å²) in [5.74, 6) is 0. The summed E-state index contributed by atoms with van der Waals surface area (Å²) in [5, 5.41) is 9.43. The molecule has 2 saturated carbocycles. The molecule has 2 rings (SSSR count). The third kappa shape index (κ3) is 0.909. The van der Waals surface area contributed by atoms with Crippen molar-refractivity contribution in [1.82, 2.24) is 0 Å². The summed E-state index contributed by atoms with van der Waals surface area (Å²) < 4.78 is 0. The van der Waals surface area contributed by atoms with Gasteiger partial charge in [-0.15, -0.1) is 0 Å². The first-order valence-corrected chi connectivity index (χ1v) is 5.35. The van der Waals surface area contributed by atoms with Crippen LogP contribution in [0.25, 0.3) is 0 Å². The SMILES string of the molecule is CC1(C)CCCC12CC2(CN)CO. The second-order valence-corrected chi connectivity index (χ2v) is 5.64. The van der Waals surface area contributed by atoms with E-state index in [0.29, 0.717) is 17.4 Å². The van der Waals surface area contributed by atoms with E-state index in [1.807, 2.05) is 0 Å². The van der Waals surface area contributed by atoms with E-state index in [9.17, 15) is 5.11 Å². The van der Waals surface area contributed by atoms with Crippen molar-refractivity contribution in [2.45, 2.75) is 39.5 Å². The number of rotatable bonds is 2. The van der Waals surface area contributed by atoms with Crippen LogP contribution in [0.5, 0.6) is 0 Å². The van der Waals surface area contributed by atoms with E-state index in [1.54, 1.807) is 0 Å². The minimum Gasteiger partial charge on any atom is -0.396 e. The Labute approximate surface area is 80.5 Å². The van der Waals surface area contributed by atoms with E-state index < -0.39 is 0 Å². The fourth-order valence-corrected chi connectivity index (χ4v) is 3.79. The van der Waals surface area contributed by atoms with Crippen LogP contribution in [-0.2, 0) is 0 Å². The van der Waals surface area contributed by atoms with Gasteiger partial charge in [0.25, 0.3) is 0 Å². The topological polar surface area (TPSA) is 46.2 Å². The zero-order chi connectivity index (χ0) is 9.74. The van der Waals surface area contributed by atoms with Crippen molar-refractivity contribution in [2.24, 2.45) is 22.0 Å². The summed E-state index contributed by atoms with van der Waals surface area (Å²) in [6.07, 6.45) is 5.04. The third-order valence-electron chi connectivity index (χ3n) is 4.92. The molecule has 3 N–H and O–H groups in total. The Bertz CT molecular complexity index is 220. The van der Waals surface area contributed by atoms with E-state index in [0.717, 1.165) is 6.42 Å². The summed E-state index contributed by atoms with van der Waals surface area (Å²) in [7, 11) is 0. The first-order chi connectivity index (χ1) is 6.04. The molecule has 2 fully saturated rings. The minimum atomic E-state index is 0.0764. The molecule has 2 aliphatic rings. The Morgan fingerprint density at radius 3 is 2.31 bits per heavy atom. The van der Waals surface area contributed by atoms with Gasteiger partial charge in [0.15, 0.2) is 0 Å². The Morgan fingerprint density at radius 1 is 1.31 bits per heavy atom. The lowest BCUT2D eigenvalue weighted by Gasteiger charge is -2.32. The van der Waals surface area contributed by atoms with Crippen molar-refractivity contribution < 1.29 is 5.11 Å². The lowest BCUT2D eigenvalue weighted by atomic mass is 9.73. The van der Waals surface area contributed by atoms with Crippen LogP contribution in [0.3, 0.4) is 0 Å². The number of hydrogen-bond donors (Lipinski definition) is 2. The van der Waals surface area contributed by atoms with Crippen molar-refractivity contribution in [3.05, 3.63) is 0 Å². The summed E-state index contributed by atoms with van der Waals surface area (Å²) in [6.45, 7) is 5.62. The molecular formula is C11H21NO. The van der Waals surface area contributed by atoms with Gasteiger partial charge in [0.1, 0.15) is 0 Å². The van der Waals surface area contributed by atoms with Gasteiger partial charge in [-0.05, 0) is 30.1 Å². The highest BCUT2D eigenvalue weighted by Gasteiger charge is 2.72. The standard InChI is InChI=1S/C11H21NO/c1-9(2)4-3-5-11(9)6-10(11,7-12)8-13/h13H,3-8,12H2,1-2H3. The summed E-state index contributed by atoms with van der Waals surface area (Å²) in [6, 6.07) is 0. The molecule has 2 aliphatic carbocycles. The zero-order valence-electron chi connectivity index (χ0n) is 8.77. The highest BCUT2D eigenvalue weighted by atomic mass is 16.3. The van der Waals surface area contributed by atoms with Gasteiger partial charge in [-0.2, -0.15) is 0 Å². The number of aliphatic hydroxyl groups is 1. The maximum Gasteiger partial charge on any atom is 0.0505 e. The molecule has 0 saturated heterocycles. The van der Waals surface area contributed by atoms with E-state index >= 15 is 0 Å². The van der Waals surface area contributed by atoms with Gasteiger partial charge in [-0.1, -0.05) is 20.3 Å². The van der Waals surface area contributed by atoms with E-state index in [2.05, 4.69) is 13.8 Å². The fraction of sp³-hybridized carbons (Fsp3) is 1.00. The molecule has 0 radical (unpaired) electrons. The molecule has 1 spiro atoms. The lowest BCUT2D eigenvalue weighted by molar-refractivity contribution is 0.115. The second-order valence-electron chi connectivity index (χ2n) is 5.64. The molecule has 0 aromatic carbocycles. The Hall–Kier alpha value is -0.0800. The van der Waals surface area contributed by atoms with E-state index in [-0.39, 0.29) is 12.0 Å². The van der Waals surface area contributed by atoms with Crippen LogP contribution in [0.4, 0.5) is 0 Å².